The molecule has 0 aliphatic carbocycles. The SMILES string of the molecule is Cc1cc[nH]c1-c1[nH]ccc1C. The van der Waals surface area contributed by atoms with Crippen molar-refractivity contribution in [1.29, 1.82) is 0 Å². The number of aryl methyl sites for hydroxylation is 2. The lowest BCUT2D eigenvalue weighted by Gasteiger charge is -1.98. The zero-order valence-corrected chi connectivity index (χ0v) is 7.31. The Labute approximate surface area is 71.6 Å². The summed E-state index contributed by atoms with van der Waals surface area (Å²) < 4.78 is 0. The highest BCUT2D eigenvalue weighted by Gasteiger charge is 2.05. The first-order valence-corrected chi connectivity index (χ1v) is 4.07. The van der Waals surface area contributed by atoms with Crippen LogP contribution in [0.25, 0.3) is 11.4 Å². The summed E-state index contributed by atoms with van der Waals surface area (Å²) in [7, 11) is 0. The second-order valence-electron chi connectivity index (χ2n) is 3.07. The number of hydrogen-bond donors (Lipinski definition) is 2. The minimum absolute atomic E-state index is 1.19. The van der Waals surface area contributed by atoms with Crippen molar-refractivity contribution in [3.05, 3.63) is 35.7 Å². The molecule has 0 saturated heterocycles. The average Bonchev–Trinajstić information content (AvgIpc) is 2.59. The summed E-state index contributed by atoms with van der Waals surface area (Å²) in [5.74, 6) is 0. The smallest absolute Gasteiger partial charge is 0.0651 e. The molecule has 0 fully saturated rings. The van der Waals surface area contributed by atoms with Gasteiger partial charge in [0.1, 0.15) is 0 Å². The summed E-state index contributed by atoms with van der Waals surface area (Å²) in [6.07, 6.45) is 3.93. The molecule has 2 aromatic heterocycles. The van der Waals surface area contributed by atoms with E-state index in [0.717, 1.165) is 0 Å². The van der Waals surface area contributed by atoms with Crippen molar-refractivity contribution in [2.75, 3.05) is 0 Å². The molecule has 0 aliphatic rings. The number of nitrogens with one attached hydrogen (secondary N) is 2. The Hall–Kier alpha value is -1.44. The van der Waals surface area contributed by atoms with E-state index in [-0.39, 0.29) is 0 Å². The highest BCUT2D eigenvalue weighted by molar-refractivity contribution is 5.62. The predicted molar refractivity (Wildman–Crippen MR) is 50.1 cm³/mol. The number of aromatic nitrogens is 2. The van der Waals surface area contributed by atoms with E-state index in [1.54, 1.807) is 0 Å². The summed E-state index contributed by atoms with van der Waals surface area (Å²) in [5.41, 5.74) is 4.94. The summed E-state index contributed by atoms with van der Waals surface area (Å²) in [5, 5.41) is 0. The molecule has 0 amide bonds. The van der Waals surface area contributed by atoms with Gasteiger partial charge in [-0.3, -0.25) is 0 Å². The van der Waals surface area contributed by atoms with E-state index in [2.05, 4.69) is 35.9 Å². The van der Waals surface area contributed by atoms with Crippen LogP contribution in [-0.4, -0.2) is 9.97 Å². The maximum Gasteiger partial charge on any atom is 0.0651 e. The molecular weight excluding hydrogens is 148 g/mol. The third kappa shape index (κ3) is 0.961. The Morgan fingerprint density at radius 1 is 0.833 bits per heavy atom. The van der Waals surface area contributed by atoms with Crippen LogP contribution in [0.1, 0.15) is 11.1 Å². The van der Waals surface area contributed by atoms with Gasteiger partial charge in [0.05, 0.1) is 11.4 Å². The molecule has 0 saturated carbocycles. The third-order valence-corrected chi connectivity index (χ3v) is 2.16. The minimum atomic E-state index is 1.19. The number of H-pyrrole nitrogens is 2. The normalized spacial score (nSPS) is 10.5. The van der Waals surface area contributed by atoms with Gasteiger partial charge in [-0.25, -0.2) is 0 Å². The van der Waals surface area contributed by atoms with Gasteiger partial charge < -0.3 is 9.97 Å². The van der Waals surface area contributed by atoms with E-state index in [1.807, 2.05) is 12.4 Å². The van der Waals surface area contributed by atoms with Gasteiger partial charge in [0.15, 0.2) is 0 Å². The van der Waals surface area contributed by atoms with Crippen LogP contribution in [0, 0.1) is 13.8 Å². The fourth-order valence-corrected chi connectivity index (χ4v) is 1.43. The van der Waals surface area contributed by atoms with Crippen LogP contribution in [0.3, 0.4) is 0 Å². The zero-order valence-electron chi connectivity index (χ0n) is 7.31. The van der Waals surface area contributed by atoms with Gasteiger partial charge in [0, 0.05) is 12.4 Å². The van der Waals surface area contributed by atoms with Crippen LogP contribution in [0.15, 0.2) is 24.5 Å². The van der Waals surface area contributed by atoms with Crippen molar-refractivity contribution >= 4 is 0 Å². The van der Waals surface area contributed by atoms with Crippen molar-refractivity contribution in [2.24, 2.45) is 0 Å². The Morgan fingerprint density at radius 3 is 1.50 bits per heavy atom. The molecule has 0 atom stereocenters. The first-order valence-electron chi connectivity index (χ1n) is 4.07. The maximum absolute atomic E-state index is 3.22. The standard InChI is InChI=1S/C10H12N2/c1-7-3-5-11-9(7)10-8(2)4-6-12-10/h3-6,11-12H,1-2H3. The van der Waals surface area contributed by atoms with Gasteiger partial charge in [0.2, 0.25) is 0 Å². The van der Waals surface area contributed by atoms with E-state index < -0.39 is 0 Å². The molecule has 0 bridgehead atoms. The van der Waals surface area contributed by atoms with Gasteiger partial charge in [-0.2, -0.15) is 0 Å². The lowest BCUT2D eigenvalue weighted by molar-refractivity contribution is 1.29. The summed E-state index contributed by atoms with van der Waals surface area (Å²) in [6.45, 7) is 4.21. The van der Waals surface area contributed by atoms with Crippen molar-refractivity contribution in [3.63, 3.8) is 0 Å². The van der Waals surface area contributed by atoms with Gasteiger partial charge in [-0.15, -0.1) is 0 Å². The van der Waals surface area contributed by atoms with Gasteiger partial charge in [0.25, 0.3) is 0 Å². The van der Waals surface area contributed by atoms with Gasteiger partial charge in [-0.05, 0) is 37.1 Å². The van der Waals surface area contributed by atoms with E-state index in [1.165, 1.54) is 22.5 Å². The zero-order chi connectivity index (χ0) is 8.55. The van der Waals surface area contributed by atoms with Crippen LogP contribution in [0.2, 0.25) is 0 Å². The molecule has 2 rings (SSSR count). The third-order valence-electron chi connectivity index (χ3n) is 2.16. The molecule has 2 heteroatoms. The molecule has 0 unspecified atom stereocenters. The molecule has 2 aromatic rings. The molecule has 0 aliphatic heterocycles. The molecule has 2 heterocycles. The van der Waals surface area contributed by atoms with Crippen LogP contribution >= 0.6 is 0 Å². The van der Waals surface area contributed by atoms with Crippen molar-refractivity contribution < 1.29 is 0 Å². The maximum atomic E-state index is 3.22. The molecule has 0 radical (unpaired) electrons. The quantitative estimate of drug-likeness (QED) is 0.642. The minimum Gasteiger partial charge on any atom is -0.360 e. The van der Waals surface area contributed by atoms with Crippen LogP contribution in [0.5, 0.6) is 0 Å². The Balaban J connectivity index is 2.57. The molecule has 2 N–H and O–H groups in total. The molecule has 0 spiro atoms. The average molecular weight is 160 g/mol. The Kier molecular flexibility index (Phi) is 1.54. The van der Waals surface area contributed by atoms with Gasteiger partial charge >= 0.3 is 0 Å². The van der Waals surface area contributed by atoms with Crippen molar-refractivity contribution in [3.8, 4) is 11.4 Å². The largest absolute Gasteiger partial charge is 0.360 e. The number of aromatic amines is 2. The second-order valence-corrected chi connectivity index (χ2v) is 3.07. The Morgan fingerprint density at radius 2 is 1.25 bits per heavy atom. The highest BCUT2D eigenvalue weighted by atomic mass is 14.8. The number of rotatable bonds is 1. The first-order chi connectivity index (χ1) is 5.79. The van der Waals surface area contributed by atoms with Crippen molar-refractivity contribution in [1.82, 2.24) is 9.97 Å². The molecular formula is C10H12N2. The summed E-state index contributed by atoms with van der Waals surface area (Å²) >= 11 is 0. The van der Waals surface area contributed by atoms with Crippen molar-refractivity contribution in [2.45, 2.75) is 13.8 Å². The fraction of sp³-hybridized carbons (Fsp3) is 0.200. The van der Waals surface area contributed by atoms with E-state index in [9.17, 15) is 0 Å². The fourth-order valence-electron chi connectivity index (χ4n) is 1.43. The molecule has 0 aromatic carbocycles. The second kappa shape index (κ2) is 2.55. The monoisotopic (exact) mass is 160 g/mol. The predicted octanol–water partition coefficient (Wildman–Crippen LogP) is 2.63. The lowest BCUT2D eigenvalue weighted by atomic mass is 10.1. The molecule has 2 nitrogen and oxygen atoms in total. The van der Waals surface area contributed by atoms with E-state index >= 15 is 0 Å². The van der Waals surface area contributed by atoms with E-state index in [4.69, 9.17) is 0 Å². The van der Waals surface area contributed by atoms with Crippen LogP contribution < -0.4 is 0 Å². The molecule has 12 heavy (non-hydrogen) atoms. The van der Waals surface area contributed by atoms with Crippen LogP contribution in [0.4, 0.5) is 0 Å². The van der Waals surface area contributed by atoms with E-state index in [0.29, 0.717) is 0 Å². The Bertz CT molecular complexity index is 344. The van der Waals surface area contributed by atoms with Gasteiger partial charge in [-0.1, -0.05) is 0 Å². The molecule has 62 valence electrons. The summed E-state index contributed by atoms with van der Waals surface area (Å²) in [6, 6.07) is 4.16. The highest BCUT2D eigenvalue weighted by Crippen LogP contribution is 2.22. The first kappa shape index (κ1) is 7.22. The van der Waals surface area contributed by atoms with Crippen LogP contribution in [-0.2, 0) is 0 Å². The summed E-state index contributed by atoms with van der Waals surface area (Å²) in [4.78, 5) is 6.43. The lowest BCUT2D eigenvalue weighted by Crippen LogP contribution is -1.82. The number of hydrogen-bond acceptors (Lipinski definition) is 0. The topological polar surface area (TPSA) is 31.6 Å².